The van der Waals surface area contributed by atoms with E-state index < -0.39 is 22.8 Å². The molecule has 0 aromatic carbocycles. The first-order chi connectivity index (χ1) is 8.93. The lowest BCUT2D eigenvalue weighted by molar-refractivity contribution is -0.385. The summed E-state index contributed by atoms with van der Waals surface area (Å²) in [4.78, 5) is 31.9. The number of rotatable bonds is 6. The van der Waals surface area contributed by atoms with E-state index >= 15 is 0 Å². The summed E-state index contributed by atoms with van der Waals surface area (Å²) in [5.74, 6) is -1.53. The van der Waals surface area contributed by atoms with Crippen molar-refractivity contribution in [3.05, 3.63) is 22.5 Å². The van der Waals surface area contributed by atoms with Gasteiger partial charge < -0.3 is 11.1 Å². The van der Waals surface area contributed by atoms with Gasteiger partial charge in [-0.1, -0.05) is 0 Å². The van der Waals surface area contributed by atoms with Crippen molar-refractivity contribution in [3.8, 4) is 6.07 Å². The van der Waals surface area contributed by atoms with Crippen LogP contribution in [0.1, 0.15) is 6.42 Å². The number of nitrogens with two attached hydrogens (primary N) is 1. The number of nitriles is 1. The van der Waals surface area contributed by atoms with Crippen molar-refractivity contribution in [1.82, 2.24) is 15.1 Å². The highest BCUT2D eigenvalue weighted by molar-refractivity contribution is 5.88. The Labute approximate surface area is 106 Å². The molecule has 0 saturated carbocycles. The third-order valence-electron chi connectivity index (χ3n) is 2.12. The SMILES string of the molecule is N#CC(NC(=O)CCn1cc([N+](=O)[O-])cn1)C(N)=O. The summed E-state index contributed by atoms with van der Waals surface area (Å²) in [5.41, 5.74) is 4.68. The Bertz CT molecular complexity index is 545. The van der Waals surface area contributed by atoms with Gasteiger partial charge >= 0.3 is 5.69 Å². The Morgan fingerprint density at radius 3 is 2.84 bits per heavy atom. The van der Waals surface area contributed by atoms with Crippen LogP contribution in [0.2, 0.25) is 0 Å². The molecule has 1 aromatic rings. The Balaban J connectivity index is 2.48. The minimum absolute atomic E-state index is 0.0799. The molecular formula is C9H10N6O4. The minimum atomic E-state index is -1.39. The fourth-order valence-electron chi connectivity index (χ4n) is 1.19. The molecule has 1 atom stereocenters. The van der Waals surface area contributed by atoms with Crippen LogP contribution in [-0.4, -0.2) is 32.6 Å². The lowest BCUT2D eigenvalue weighted by atomic mass is 10.3. The number of nitrogens with one attached hydrogen (secondary N) is 1. The van der Waals surface area contributed by atoms with Gasteiger partial charge in [-0.25, -0.2) is 0 Å². The molecule has 19 heavy (non-hydrogen) atoms. The Morgan fingerprint density at radius 2 is 2.37 bits per heavy atom. The number of nitrogens with zero attached hydrogens (tertiary/aromatic N) is 4. The smallest absolute Gasteiger partial charge is 0.306 e. The lowest BCUT2D eigenvalue weighted by Gasteiger charge is -2.07. The van der Waals surface area contributed by atoms with E-state index in [-0.39, 0.29) is 18.7 Å². The first-order valence-corrected chi connectivity index (χ1v) is 5.09. The fraction of sp³-hybridized carbons (Fsp3) is 0.333. The number of hydrogen-bond donors (Lipinski definition) is 2. The highest BCUT2D eigenvalue weighted by Gasteiger charge is 2.17. The molecule has 0 saturated heterocycles. The highest BCUT2D eigenvalue weighted by atomic mass is 16.6. The predicted octanol–water partition coefficient (Wildman–Crippen LogP) is -1.32. The Kier molecular flexibility index (Phi) is 4.53. The standard InChI is InChI=1S/C9H10N6O4/c10-3-7(9(11)17)13-8(16)1-2-14-5-6(4-12-14)15(18)19/h4-5,7H,1-2H2,(H2,11,17)(H,13,16). The first kappa shape index (κ1) is 14.1. The Morgan fingerprint density at radius 1 is 1.68 bits per heavy atom. The maximum atomic E-state index is 11.4. The van der Waals surface area contributed by atoms with Crippen LogP contribution >= 0.6 is 0 Å². The van der Waals surface area contributed by atoms with Crippen LogP contribution in [0.15, 0.2) is 12.4 Å². The van der Waals surface area contributed by atoms with E-state index in [1.165, 1.54) is 16.9 Å². The van der Waals surface area contributed by atoms with Crippen molar-refractivity contribution in [1.29, 1.82) is 5.26 Å². The third-order valence-corrected chi connectivity index (χ3v) is 2.12. The highest BCUT2D eigenvalue weighted by Crippen LogP contribution is 2.07. The fourth-order valence-corrected chi connectivity index (χ4v) is 1.19. The summed E-state index contributed by atoms with van der Waals surface area (Å²) < 4.78 is 1.21. The second-order valence-electron chi connectivity index (χ2n) is 3.50. The monoisotopic (exact) mass is 266 g/mol. The van der Waals surface area contributed by atoms with Gasteiger partial charge in [-0.05, 0) is 0 Å². The molecule has 0 aliphatic carbocycles. The molecule has 1 aromatic heterocycles. The van der Waals surface area contributed by atoms with Crippen LogP contribution in [0.3, 0.4) is 0 Å². The molecule has 0 spiro atoms. The number of aromatic nitrogens is 2. The number of nitro groups is 1. The average Bonchev–Trinajstić information content (AvgIpc) is 2.82. The van der Waals surface area contributed by atoms with E-state index in [1.807, 2.05) is 0 Å². The quantitative estimate of drug-likeness (QED) is 0.479. The zero-order valence-electron chi connectivity index (χ0n) is 9.65. The average molecular weight is 266 g/mol. The Hall–Kier alpha value is -2.96. The molecule has 2 amide bonds. The third kappa shape index (κ3) is 4.08. The van der Waals surface area contributed by atoms with Crippen molar-refractivity contribution >= 4 is 17.5 Å². The van der Waals surface area contributed by atoms with Gasteiger partial charge in [0.1, 0.15) is 12.4 Å². The first-order valence-electron chi connectivity index (χ1n) is 5.09. The largest absolute Gasteiger partial charge is 0.367 e. The second kappa shape index (κ2) is 6.10. The van der Waals surface area contributed by atoms with Crippen molar-refractivity contribution < 1.29 is 14.5 Å². The topological polar surface area (TPSA) is 157 Å². The molecule has 0 bridgehead atoms. The maximum absolute atomic E-state index is 11.4. The van der Waals surface area contributed by atoms with Crippen molar-refractivity contribution in [3.63, 3.8) is 0 Å². The van der Waals surface area contributed by atoms with Crippen molar-refractivity contribution in [2.75, 3.05) is 0 Å². The van der Waals surface area contributed by atoms with Gasteiger partial charge in [0.25, 0.3) is 5.91 Å². The summed E-state index contributed by atoms with van der Waals surface area (Å²) in [6.45, 7) is 0.0799. The molecule has 3 N–H and O–H groups in total. The van der Waals surface area contributed by atoms with E-state index in [4.69, 9.17) is 11.0 Å². The molecule has 10 heteroatoms. The van der Waals surface area contributed by atoms with Crippen LogP contribution in [0, 0.1) is 21.4 Å². The molecule has 1 unspecified atom stereocenters. The van der Waals surface area contributed by atoms with Gasteiger partial charge in [0, 0.05) is 13.0 Å². The predicted molar refractivity (Wildman–Crippen MR) is 60.2 cm³/mol. The zero-order chi connectivity index (χ0) is 14.4. The molecule has 0 radical (unpaired) electrons. The van der Waals surface area contributed by atoms with Gasteiger partial charge in [-0.3, -0.25) is 24.4 Å². The summed E-state index contributed by atoms with van der Waals surface area (Å²) >= 11 is 0. The van der Waals surface area contributed by atoms with E-state index in [0.29, 0.717) is 0 Å². The number of hydrogen-bond acceptors (Lipinski definition) is 6. The van der Waals surface area contributed by atoms with Crippen LogP contribution in [-0.2, 0) is 16.1 Å². The summed E-state index contributed by atoms with van der Waals surface area (Å²) in [7, 11) is 0. The van der Waals surface area contributed by atoms with Crippen LogP contribution in [0.4, 0.5) is 5.69 Å². The van der Waals surface area contributed by atoms with E-state index in [2.05, 4.69) is 10.4 Å². The zero-order valence-corrected chi connectivity index (χ0v) is 9.65. The summed E-state index contributed by atoms with van der Waals surface area (Å²) in [6.07, 6.45) is 2.13. The normalized spacial score (nSPS) is 11.3. The van der Waals surface area contributed by atoms with E-state index in [1.54, 1.807) is 0 Å². The van der Waals surface area contributed by atoms with Gasteiger partial charge in [-0.15, -0.1) is 0 Å². The van der Waals surface area contributed by atoms with E-state index in [0.717, 1.165) is 6.20 Å². The number of carbonyl (C=O) groups is 2. The van der Waals surface area contributed by atoms with Crippen LogP contribution in [0.25, 0.3) is 0 Å². The van der Waals surface area contributed by atoms with Crippen molar-refractivity contribution in [2.24, 2.45) is 5.73 Å². The number of carbonyl (C=O) groups excluding carboxylic acids is 2. The molecule has 0 fully saturated rings. The number of primary amides is 1. The number of amides is 2. The maximum Gasteiger partial charge on any atom is 0.306 e. The second-order valence-corrected chi connectivity index (χ2v) is 3.50. The van der Waals surface area contributed by atoms with Crippen LogP contribution in [0.5, 0.6) is 0 Å². The van der Waals surface area contributed by atoms with Gasteiger partial charge in [-0.2, -0.15) is 10.4 Å². The van der Waals surface area contributed by atoms with Crippen molar-refractivity contribution in [2.45, 2.75) is 19.0 Å². The minimum Gasteiger partial charge on any atom is -0.367 e. The molecule has 0 aliphatic heterocycles. The summed E-state index contributed by atoms with van der Waals surface area (Å²) in [6, 6.07) is 0.142. The number of aryl methyl sites for hydroxylation is 1. The molecule has 0 aliphatic rings. The molecule has 1 heterocycles. The van der Waals surface area contributed by atoms with Gasteiger partial charge in [0.05, 0.1) is 11.0 Å². The van der Waals surface area contributed by atoms with Gasteiger partial charge in [0.2, 0.25) is 5.91 Å². The molecular weight excluding hydrogens is 256 g/mol. The molecule has 100 valence electrons. The lowest BCUT2D eigenvalue weighted by Crippen LogP contribution is -2.43. The van der Waals surface area contributed by atoms with E-state index in [9.17, 15) is 19.7 Å². The molecule has 10 nitrogen and oxygen atoms in total. The summed E-state index contributed by atoms with van der Waals surface area (Å²) in [5, 5.41) is 24.7. The molecule has 1 rings (SSSR count). The van der Waals surface area contributed by atoms with Crippen LogP contribution < -0.4 is 11.1 Å². The van der Waals surface area contributed by atoms with Gasteiger partial charge in [0.15, 0.2) is 6.04 Å².